The predicted octanol–water partition coefficient (Wildman–Crippen LogP) is 2.01. The molecule has 0 bridgehead atoms. The molecule has 1 aromatic heterocycles. The molecule has 1 aromatic rings. The molecule has 2 fully saturated rings. The van der Waals surface area contributed by atoms with Crippen molar-refractivity contribution in [3.63, 3.8) is 0 Å². The van der Waals surface area contributed by atoms with Crippen LogP contribution in [-0.2, 0) is 4.79 Å². The number of likely N-dealkylation sites (tertiary alicyclic amines) is 2. The van der Waals surface area contributed by atoms with Gasteiger partial charge in [-0.05, 0) is 44.7 Å². The topological polar surface area (TPSA) is 53.5 Å². The normalized spacial score (nSPS) is 25.6. The fourth-order valence-corrected chi connectivity index (χ4v) is 3.71. The minimum atomic E-state index is -0.165. The van der Waals surface area contributed by atoms with E-state index in [9.17, 15) is 9.59 Å². The number of hydrogen-bond acceptors (Lipinski definition) is 3. The van der Waals surface area contributed by atoms with Crippen molar-refractivity contribution >= 4 is 11.8 Å². The largest absolute Gasteiger partial charge is 0.338 e. The van der Waals surface area contributed by atoms with Crippen LogP contribution in [-0.4, -0.2) is 52.3 Å². The molecule has 2 aliphatic heterocycles. The number of carbonyl (C=O) groups is 2. The predicted molar refractivity (Wildman–Crippen MR) is 83.5 cm³/mol. The molecule has 1 unspecified atom stereocenters. The summed E-state index contributed by atoms with van der Waals surface area (Å²) < 4.78 is 0. The smallest absolute Gasteiger partial charge is 0.255 e. The number of carbonyl (C=O) groups excluding carboxylic acids is 2. The number of piperidine rings is 2. The number of likely N-dealkylation sites (N-methyl/N-ethyl adjacent to an activating group) is 1. The molecular weight excluding hydrogens is 278 g/mol. The van der Waals surface area contributed by atoms with Gasteiger partial charge in [0, 0.05) is 38.4 Å². The zero-order valence-corrected chi connectivity index (χ0v) is 13.3. The number of amides is 2. The van der Waals surface area contributed by atoms with Crippen LogP contribution < -0.4 is 0 Å². The highest BCUT2D eigenvalue weighted by Gasteiger charge is 2.44. The van der Waals surface area contributed by atoms with Crippen molar-refractivity contribution in [1.82, 2.24) is 14.8 Å². The van der Waals surface area contributed by atoms with E-state index in [4.69, 9.17) is 0 Å². The van der Waals surface area contributed by atoms with Crippen molar-refractivity contribution in [2.45, 2.75) is 44.6 Å². The molecule has 0 radical (unpaired) electrons. The summed E-state index contributed by atoms with van der Waals surface area (Å²) in [6, 6.07) is 3.70. The van der Waals surface area contributed by atoms with E-state index in [1.165, 1.54) is 0 Å². The lowest BCUT2D eigenvalue weighted by atomic mass is 9.80. The molecule has 2 saturated heterocycles. The molecule has 0 N–H and O–H groups in total. The van der Waals surface area contributed by atoms with Crippen LogP contribution in [0.2, 0.25) is 0 Å². The van der Waals surface area contributed by atoms with Gasteiger partial charge in [-0.15, -0.1) is 0 Å². The van der Waals surface area contributed by atoms with E-state index in [1.807, 2.05) is 35.9 Å². The summed E-state index contributed by atoms with van der Waals surface area (Å²) >= 11 is 0. The van der Waals surface area contributed by atoms with E-state index in [0.717, 1.165) is 37.9 Å². The summed E-state index contributed by atoms with van der Waals surface area (Å²) in [6.07, 6.45) is 6.14. The Labute approximate surface area is 131 Å². The van der Waals surface area contributed by atoms with Crippen molar-refractivity contribution in [1.29, 1.82) is 0 Å². The minimum Gasteiger partial charge on any atom is -0.338 e. The van der Waals surface area contributed by atoms with Gasteiger partial charge in [-0.25, -0.2) is 0 Å². The second-order valence-corrected chi connectivity index (χ2v) is 6.55. The van der Waals surface area contributed by atoms with Gasteiger partial charge in [0.25, 0.3) is 5.91 Å². The summed E-state index contributed by atoms with van der Waals surface area (Å²) in [6.45, 7) is 3.31. The van der Waals surface area contributed by atoms with Crippen molar-refractivity contribution in [3.05, 3.63) is 29.6 Å². The number of pyridine rings is 1. The molecule has 3 rings (SSSR count). The van der Waals surface area contributed by atoms with Gasteiger partial charge in [-0.3, -0.25) is 14.6 Å². The number of hydrogen-bond donors (Lipinski definition) is 0. The standard InChI is InChI=1S/C17H23N3O2/c1-13-6-7-14(11-18-13)16(22)20-10-4-9-17(12-20)8-3-5-15(21)19(17)2/h6-7,11H,3-5,8-10,12H2,1-2H3. The van der Waals surface area contributed by atoms with E-state index in [1.54, 1.807) is 6.20 Å². The maximum Gasteiger partial charge on any atom is 0.255 e. The molecule has 5 nitrogen and oxygen atoms in total. The van der Waals surface area contributed by atoms with Crippen LogP contribution in [0, 0.1) is 6.92 Å². The van der Waals surface area contributed by atoms with Gasteiger partial charge < -0.3 is 9.80 Å². The summed E-state index contributed by atoms with van der Waals surface area (Å²) in [5.41, 5.74) is 1.37. The zero-order valence-electron chi connectivity index (χ0n) is 13.3. The molecule has 0 aliphatic carbocycles. The monoisotopic (exact) mass is 301 g/mol. The van der Waals surface area contributed by atoms with Crippen molar-refractivity contribution in [2.75, 3.05) is 20.1 Å². The van der Waals surface area contributed by atoms with Crippen LogP contribution in [0.5, 0.6) is 0 Å². The summed E-state index contributed by atoms with van der Waals surface area (Å²) in [5, 5.41) is 0. The molecule has 2 amide bonds. The van der Waals surface area contributed by atoms with Crippen LogP contribution in [0.4, 0.5) is 0 Å². The Hall–Kier alpha value is -1.91. The van der Waals surface area contributed by atoms with E-state index in [-0.39, 0.29) is 17.4 Å². The third-order valence-electron chi connectivity index (χ3n) is 5.12. The summed E-state index contributed by atoms with van der Waals surface area (Å²) in [4.78, 5) is 32.8. The van der Waals surface area contributed by atoms with Crippen LogP contribution >= 0.6 is 0 Å². The Morgan fingerprint density at radius 3 is 2.77 bits per heavy atom. The molecule has 5 heteroatoms. The van der Waals surface area contributed by atoms with Gasteiger partial charge in [-0.2, -0.15) is 0 Å². The quantitative estimate of drug-likeness (QED) is 0.797. The van der Waals surface area contributed by atoms with E-state index >= 15 is 0 Å². The van der Waals surface area contributed by atoms with E-state index in [0.29, 0.717) is 18.5 Å². The van der Waals surface area contributed by atoms with Crippen molar-refractivity contribution in [2.24, 2.45) is 0 Å². The Kier molecular flexibility index (Phi) is 3.89. The first kappa shape index (κ1) is 15.0. The zero-order chi connectivity index (χ0) is 15.7. The highest BCUT2D eigenvalue weighted by Crippen LogP contribution is 2.36. The molecule has 1 atom stereocenters. The first-order valence-corrected chi connectivity index (χ1v) is 8.00. The van der Waals surface area contributed by atoms with Crippen molar-refractivity contribution in [3.8, 4) is 0 Å². The van der Waals surface area contributed by atoms with Gasteiger partial charge in [0.2, 0.25) is 5.91 Å². The maximum absolute atomic E-state index is 12.7. The highest BCUT2D eigenvalue weighted by atomic mass is 16.2. The maximum atomic E-state index is 12.7. The Morgan fingerprint density at radius 2 is 2.05 bits per heavy atom. The number of rotatable bonds is 1. The molecule has 22 heavy (non-hydrogen) atoms. The number of aryl methyl sites for hydroxylation is 1. The Bertz CT molecular complexity index is 580. The fourth-order valence-electron chi connectivity index (χ4n) is 3.71. The lowest BCUT2D eigenvalue weighted by Crippen LogP contribution is -2.61. The molecule has 3 heterocycles. The first-order valence-electron chi connectivity index (χ1n) is 8.00. The van der Waals surface area contributed by atoms with E-state index < -0.39 is 0 Å². The molecule has 1 spiro atoms. The van der Waals surface area contributed by atoms with Crippen LogP contribution in [0.15, 0.2) is 18.3 Å². The molecule has 0 aromatic carbocycles. The average molecular weight is 301 g/mol. The lowest BCUT2D eigenvalue weighted by Gasteiger charge is -2.50. The van der Waals surface area contributed by atoms with Crippen molar-refractivity contribution < 1.29 is 9.59 Å². The second kappa shape index (κ2) is 5.71. The number of aromatic nitrogens is 1. The van der Waals surface area contributed by atoms with Gasteiger partial charge in [-0.1, -0.05) is 0 Å². The lowest BCUT2D eigenvalue weighted by molar-refractivity contribution is -0.142. The Morgan fingerprint density at radius 1 is 1.27 bits per heavy atom. The summed E-state index contributed by atoms with van der Waals surface area (Å²) in [7, 11) is 1.89. The van der Waals surface area contributed by atoms with Gasteiger partial charge in [0.05, 0.1) is 11.1 Å². The SMILES string of the molecule is Cc1ccc(C(=O)N2CCCC3(CCCC(=O)N3C)C2)cn1. The van der Waals surface area contributed by atoms with Crippen LogP contribution in [0.3, 0.4) is 0 Å². The molecule has 118 valence electrons. The average Bonchev–Trinajstić information content (AvgIpc) is 2.53. The highest BCUT2D eigenvalue weighted by molar-refractivity contribution is 5.94. The van der Waals surface area contributed by atoms with Crippen LogP contribution in [0.25, 0.3) is 0 Å². The number of nitrogens with zero attached hydrogens (tertiary/aromatic N) is 3. The first-order chi connectivity index (χ1) is 10.5. The van der Waals surface area contributed by atoms with E-state index in [2.05, 4.69) is 4.98 Å². The summed E-state index contributed by atoms with van der Waals surface area (Å²) in [5.74, 6) is 0.232. The second-order valence-electron chi connectivity index (χ2n) is 6.55. The molecule has 0 saturated carbocycles. The third kappa shape index (κ3) is 2.60. The van der Waals surface area contributed by atoms with Crippen LogP contribution in [0.1, 0.15) is 48.2 Å². The minimum absolute atomic E-state index is 0.0259. The third-order valence-corrected chi connectivity index (χ3v) is 5.12. The molecular formula is C17H23N3O2. The fraction of sp³-hybridized carbons (Fsp3) is 0.588. The van der Waals surface area contributed by atoms with Gasteiger partial charge in [0.15, 0.2) is 0 Å². The van der Waals surface area contributed by atoms with Gasteiger partial charge >= 0.3 is 0 Å². The van der Waals surface area contributed by atoms with Gasteiger partial charge in [0.1, 0.15) is 0 Å². The molecule has 2 aliphatic rings. The Balaban J connectivity index is 1.79.